The third-order valence-electron chi connectivity index (χ3n) is 2.55. The average Bonchev–Trinajstić information content (AvgIpc) is 2.47. The minimum atomic E-state index is -0.239. The Morgan fingerprint density at radius 3 is 2.42 bits per heavy atom. The molecular weight excluding hydrogens is 242 g/mol. The maximum atomic E-state index is 11.9. The van der Waals surface area contributed by atoms with E-state index in [2.05, 4.69) is 15.6 Å². The van der Waals surface area contributed by atoms with Gasteiger partial charge in [-0.25, -0.2) is 0 Å². The Morgan fingerprint density at radius 1 is 1.00 bits per heavy atom. The molecule has 2 N–H and O–H groups in total. The van der Waals surface area contributed by atoms with Gasteiger partial charge in [-0.15, -0.1) is 0 Å². The van der Waals surface area contributed by atoms with E-state index in [-0.39, 0.29) is 11.8 Å². The second-order valence-electron chi connectivity index (χ2n) is 3.85. The molecule has 0 fully saturated rings. The van der Waals surface area contributed by atoms with Gasteiger partial charge in [0.1, 0.15) is 0 Å². The predicted octanol–water partition coefficient (Wildman–Crippen LogP) is 1.69. The Labute approximate surface area is 110 Å². The van der Waals surface area contributed by atoms with Gasteiger partial charge in [0.2, 0.25) is 0 Å². The number of hydrogen-bond donors (Lipinski definition) is 2. The molecule has 2 aromatic rings. The first-order valence-corrected chi connectivity index (χ1v) is 5.74. The van der Waals surface area contributed by atoms with Gasteiger partial charge in [0.15, 0.2) is 0 Å². The lowest BCUT2D eigenvalue weighted by molar-refractivity contribution is 0.0961. The van der Waals surface area contributed by atoms with Crippen LogP contribution in [0.25, 0.3) is 0 Å². The molecule has 1 aromatic heterocycles. The second kappa shape index (κ2) is 5.77. The van der Waals surface area contributed by atoms with Gasteiger partial charge in [-0.2, -0.15) is 0 Å². The first-order chi connectivity index (χ1) is 9.20. The summed E-state index contributed by atoms with van der Waals surface area (Å²) in [5, 5.41) is 5.26. The van der Waals surface area contributed by atoms with E-state index in [0.29, 0.717) is 16.8 Å². The number of nitrogens with one attached hydrogen (secondary N) is 2. The smallest absolute Gasteiger partial charge is 0.255 e. The molecule has 0 aliphatic rings. The van der Waals surface area contributed by atoms with Crippen molar-refractivity contribution in [2.24, 2.45) is 0 Å². The Balaban J connectivity index is 2.16. The number of anilines is 1. The molecular formula is C14H13N3O2. The van der Waals surface area contributed by atoms with E-state index >= 15 is 0 Å². The SMILES string of the molecule is CNC(=O)c1cccc(NC(=O)c2ccncc2)c1. The van der Waals surface area contributed by atoms with E-state index < -0.39 is 0 Å². The molecule has 1 aromatic carbocycles. The lowest BCUT2D eigenvalue weighted by Crippen LogP contribution is -2.18. The molecule has 1 heterocycles. The fourth-order valence-corrected chi connectivity index (χ4v) is 1.59. The third-order valence-corrected chi connectivity index (χ3v) is 2.55. The maximum absolute atomic E-state index is 11.9. The largest absolute Gasteiger partial charge is 0.355 e. The van der Waals surface area contributed by atoms with Crippen LogP contribution in [0.3, 0.4) is 0 Å². The van der Waals surface area contributed by atoms with Gasteiger partial charge in [0.05, 0.1) is 0 Å². The highest BCUT2D eigenvalue weighted by atomic mass is 16.2. The van der Waals surface area contributed by atoms with E-state index in [1.165, 1.54) is 0 Å². The van der Waals surface area contributed by atoms with Crippen molar-refractivity contribution in [3.05, 3.63) is 59.9 Å². The fraction of sp³-hybridized carbons (Fsp3) is 0.0714. The topological polar surface area (TPSA) is 71.1 Å². The summed E-state index contributed by atoms with van der Waals surface area (Å²) in [5.74, 6) is -0.434. The van der Waals surface area contributed by atoms with E-state index in [9.17, 15) is 9.59 Å². The molecule has 0 radical (unpaired) electrons. The van der Waals surface area contributed by atoms with E-state index in [0.717, 1.165) is 0 Å². The van der Waals surface area contributed by atoms with Crippen molar-refractivity contribution in [1.29, 1.82) is 0 Å². The van der Waals surface area contributed by atoms with Crippen molar-refractivity contribution in [1.82, 2.24) is 10.3 Å². The summed E-state index contributed by atoms with van der Waals surface area (Å²) in [6.07, 6.45) is 3.10. The highest BCUT2D eigenvalue weighted by molar-refractivity contribution is 6.05. The Bertz CT molecular complexity index is 597. The summed E-state index contributed by atoms with van der Waals surface area (Å²) in [7, 11) is 1.56. The molecule has 2 rings (SSSR count). The molecule has 5 nitrogen and oxygen atoms in total. The van der Waals surface area contributed by atoms with Crippen molar-refractivity contribution in [3.8, 4) is 0 Å². The number of nitrogens with zero attached hydrogens (tertiary/aromatic N) is 1. The molecule has 96 valence electrons. The molecule has 2 amide bonds. The summed E-state index contributed by atoms with van der Waals surface area (Å²) >= 11 is 0. The van der Waals surface area contributed by atoms with Gasteiger partial charge in [0, 0.05) is 36.3 Å². The van der Waals surface area contributed by atoms with E-state index in [1.807, 2.05) is 0 Å². The highest BCUT2D eigenvalue weighted by Crippen LogP contribution is 2.12. The van der Waals surface area contributed by atoms with Crippen molar-refractivity contribution in [2.75, 3.05) is 12.4 Å². The molecule has 0 bridgehead atoms. The standard InChI is InChI=1S/C14H13N3O2/c1-15-13(18)11-3-2-4-12(9-11)17-14(19)10-5-7-16-8-6-10/h2-9H,1H3,(H,15,18)(H,17,19). The van der Waals surface area contributed by atoms with Gasteiger partial charge in [-0.3, -0.25) is 14.6 Å². The zero-order chi connectivity index (χ0) is 13.7. The van der Waals surface area contributed by atoms with Crippen LogP contribution < -0.4 is 10.6 Å². The molecule has 0 saturated carbocycles. The monoisotopic (exact) mass is 255 g/mol. The van der Waals surface area contributed by atoms with E-state index in [4.69, 9.17) is 0 Å². The van der Waals surface area contributed by atoms with Crippen molar-refractivity contribution in [3.63, 3.8) is 0 Å². The third kappa shape index (κ3) is 3.16. The van der Waals surface area contributed by atoms with Crippen molar-refractivity contribution >= 4 is 17.5 Å². The van der Waals surface area contributed by atoms with Gasteiger partial charge in [0.25, 0.3) is 11.8 Å². The lowest BCUT2D eigenvalue weighted by atomic mass is 10.2. The number of hydrogen-bond acceptors (Lipinski definition) is 3. The summed E-state index contributed by atoms with van der Waals surface area (Å²) < 4.78 is 0. The molecule has 19 heavy (non-hydrogen) atoms. The first-order valence-electron chi connectivity index (χ1n) is 5.74. The molecule has 0 spiro atoms. The summed E-state index contributed by atoms with van der Waals surface area (Å²) in [5.41, 5.74) is 1.58. The Kier molecular flexibility index (Phi) is 3.87. The average molecular weight is 255 g/mol. The van der Waals surface area contributed by atoms with Crippen molar-refractivity contribution < 1.29 is 9.59 Å². The number of aromatic nitrogens is 1. The molecule has 0 unspecified atom stereocenters. The predicted molar refractivity (Wildman–Crippen MR) is 72.0 cm³/mol. The van der Waals surface area contributed by atoms with Crippen LogP contribution in [0.1, 0.15) is 20.7 Å². The molecule has 0 aliphatic carbocycles. The summed E-state index contributed by atoms with van der Waals surface area (Å²) in [6, 6.07) is 9.99. The number of rotatable bonds is 3. The Hall–Kier alpha value is -2.69. The first kappa shape index (κ1) is 12.8. The fourth-order valence-electron chi connectivity index (χ4n) is 1.59. The highest BCUT2D eigenvalue weighted by Gasteiger charge is 2.07. The number of carbonyl (C=O) groups excluding carboxylic acids is 2. The Morgan fingerprint density at radius 2 is 1.74 bits per heavy atom. The van der Waals surface area contributed by atoms with E-state index in [1.54, 1.807) is 55.8 Å². The molecule has 5 heteroatoms. The van der Waals surface area contributed by atoms with Crippen LogP contribution in [0, 0.1) is 0 Å². The quantitative estimate of drug-likeness (QED) is 0.876. The lowest BCUT2D eigenvalue weighted by Gasteiger charge is -2.06. The zero-order valence-electron chi connectivity index (χ0n) is 10.4. The number of benzene rings is 1. The van der Waals surface area contributed by atoms with Crippen LogP contribution in [0.2, 0.25) is 0 Å². The molecule has 0 aliphatic heterocycles. The van der Waals surface area contributed by atoms with Crippen LogP contribution >= 0.6 is 0 Å². The summed E-state index contributed by atoms with van der Waals surface area (Å²) in [6.45, 7) is 0. The van der Waals surface area contributed by atoms with Crippen LogP contribution in [0.15, 0.2) is 48.8 Å². The van der Waals surface area contributed by atoms with Crippen molar-refractivity contribution in [2.45, 2.75) is 0 Å². The van der Waals surface area contributed by atoms with Crippen LogP contribution in [0.4, 0.5) is 5.69 Å². The van der Waals surface area contributed by atoms with Crippen LogP contribution in [0.5, 0.6) is 0 Å². The minimum Gasteiger partial charge on any atom is -0.355 e. The normalized spacial score (nSPS) is 9.74. The minimum absolute atomic E-state index is 0.194. The number of carbonyl (C=O) groups is 2. The van der Waals surface area contributed by atoms with Crippen LogP contribution in [-0.4, -0.2) is 23.8 Å². The molecule has 0 saturated heterocycles. The molecule has 0 atom stereocenters. The second-order valence-corrected chi connectivity index (χ2v) is 3.85. The zero-order valence-corrected chi connectivity index (χ0v) is 10.4. The van der Waals surface area contributed by atoms with Gasteiger partial charge >= 0.3 is 0 Å². The number of amides is 2. The van der Waals surface area contributed by atoms with Gasteiger partial charge in [-0.05, 0) is 30.3 Å². The summed E-state index contributed by atoms with van der Waals surface area (Å²) in [4.78, 5) is 27.3. The van der Waals surface area contributed by atoms with Crippen LogP contribution in [-0.2, 0) is 0 Å². The van der Waals surface area contributed by atoms with Gasteiger partial charge in [-0.1, -0.05) is 6.07 Å². The maximum Gasteiger partial charge on any atom is 0.255 e. The van der Waals surface area contributed by atoms with Gasteiger partial charge < -0.3 is 10.6 Å². The number of pyridine rings is 1.